The molecule has 0 aliphatic rings. The van der Waals surface area contributed by atoms with E-state index in [9.17, 15) is 44.1 Å². The number of nitrogens with one attached hydrogen (secondary N) is 4. The van der Waals surface area contributed by atoms with Crippen molar-refractivity contribution in [3.8, 4) is 5.75 Å². The summed E-state index contributed by atoms with van der Waals surface area (Å²) in [6, 6.07) is 16.8. The first-order valence-corrected chi connectivity index (χ1v) is 20.8. The second kappa shape index (κ2) is 24.8. The molecular weight excluding hydrogens is 791 g/mol. The molecule has 3 aromatic carbocycles. The van der Waals surface area contributed by atoms with E-state index in [4.69, 9.17) is 0 Å². The molecule has 5 amide bonds. The van der Waals surface area contributed by atoms with Gasteiger partial charge in [0.25, 0.3) is 11.8 Å². The molecule has 6 atom stereocenters. The smallest absolute Gasteiger partial charge is 0.268 e. The van der Waals surface area contributed by atoms with Gasteiger partial charge < -0.3 is 41.5 Å². The van der Waals surface area contributed by atoms with Gasteiger partial charge in [-0.2, -0.15) is 0 Å². The summed E-state index contributed by atoms with van der Waals surface area (Å²) in [7, 11) is 1.29. The number of ketones is 1. The summed E-state index contributed by atoms with van der Waals surface area (Å²) in [5.74, 6) is -4.57. The highest BCUT2D eigenvalue weighted by Gasteiger charge is 2.34. The number of allylic oxidation sites excluding steroid dienone is 1. The minimum Gasteiger partial charge on any atom is -0.508 e. The fourth-order valence-electron chi connectivity index (χ4n) is 6.40. The predicted molar refractivity (Wildman–Crippen MR) is 240 cm³/mol. The summed E-state index contributed by atoms with van der Waals surface area (Å²) >= 11 is 0. The third-order valence-corrected chi connectivity index (χ3v) is 9.79. The average Bonchev–Trinajstić information content (AvgIpc) is 3.22. The number of phenols is 1. The highest BCUT2D eigenvalue weighted by Crippen LogP contribution is 2.18. The van der Waals surface area contributed by atoms with Crippen LogP contribution < -0.4 is 21.3 Å². The van der Waals surface area contributed by atoms with Crippen molar-refractivity contribution < 1.29 is 44.1 Å². The van der Waals surface area contributed by atoms with E-state index in [1.807, 2.05) is 50.3 Å². The van der Waals surface area contributed by atoms with E-state index in [1.54, 1.807) is 36.4 Å². The number of carbonyl (C=O) groups excluding carboxylic acids is 6. The van der Waals surface area contributed by atoms with Gasteiger partial charge in [0, 0.05) is 19.5 Å². The minimum absolute atomic E-state index is 0.0125. The summed E-state index contributed by atoms with van der Waals surface area (Å²) in [6.45, 7) is 9.64. The van der Waals surface area contributed by atoms with Crippen LogP contribution in [0.5, 0.6) is 5.75 Å². The van der Waals surface area contributed by atoms with Crippen LogP contribution in [0.3, 0.4) is 0 Å². The number of aliphatic hydroxyl groups excluding tert-OH is 2. The third-order valence-electron chi connectivity index (χ3n) is 9.79. The molecule has 14 nitrogen and oxygen atoms in total. The van der Waals surface area contributed by atoms with Gasteiger partial charge in [-0.15, -0.1) is 0 Å². The largest absolute Gasteiger partial charge is 0.508 e. The number of Topliss-reactive ketones (excluding diaryl/α,β-unsaturated/α-hetero) is 1. The van der Waals surface area contributed by atoms with Crippen LogP contribution in [0.4, 0.5) is 0 Å². The zero-order valence-corrected chi connectivity index (χ0v) is 36.5. The second-order valence-corrected chi connectivity index (χ2v) is 15.6. The maximum atomic E-state index is 14.3. The Hall–Kier alpha value is -6.38. The van der Waals surface area contributed by atoms with Crippen LogP contribution in [-0.2, 0) is 35.2 Å². The van der Waals surface area contributed by atoms with Crippen molar-refractivity contribution in [3.63, 3.8) is 0 Å². The molecule has 332 valence electrons. The number of carbonyl (C=O) groups is 6. The highest BCUT2D eigenvalue weighted by molar-refractivity contribution is 6.05. The zero-order valence-electron chi connectivity index (χ0n) is 36.5. The maximum absolute atomic E-state index is 14.3. The van der Waals surface area contributed by atoms with E-state index in [0.717, 1.165) is 28.9 Å². The molecule has 7 N–H and O–H groups in total. The van der Waals surface area contributed by atoms with Gasteiger partial charge in [0.05, 0.1) is 12.2 Å². The number of benzene rings is 3. The summed E-state index contributed by atoms with van der Waals surface area (Å²) < 4.78 is 0. The van der Waals surface area contributed by atoms with E-state index >= 15 is 0 Å². The Labute approximate surface area is 364 Å². The molecule has 6 unspecified atom stereocenters. The van der Waals surface area contributed by atoms with Crippen molar-refractivity contribution in [3.05, 3.63) is 119 Å². The van der Waals surface area contributed by atoms with Gasteiger partial charge >= 0.3 is 0 Å². The predicted octanol–water partition coefficient (Wildman–Crippen LogP) is 4.30. The Bertz CT molecular complexity index is 2080. The lowest BCUT2D eigenvalue weighted by Gasteiger charge is -2.29. The van der Waals surface area contributed by atoms with Crippen molar-refractivity contribution in [2.24, 2.45) is 5.92 Å². The van der Waals surface area contributed by atoms with E-state index in [0.29, 0.717) is 11.1 Å². The second-order valence-electron chi connectivity index (χ2n) is 15.6. The molecular formula is C48H61N5O9. The average molecular weight is 852 g/mol. The van der Waals surface area contributed by atoms with Gasteiger partial charge in [-0.05, 0) is 86.1 Å². The van der Waals surface area contributed by atoms with Gasteiger partial charge in [0.2, 0.25) is 17.7 Å². The van der Waals surface area contributed by atoms with Crippen molar-refractivity contribution in [1.82, 2.24) is 26.2 Å². The Morgan fingerprint density at radius 1 is 0.710 bits per heavy atom. The minimum atomic E-state index is -1.51. The molecule has 0 aromatic heterocycles. The molecule has 0 fully saturated rings. The molecule has 0 bridgehead atoms. The normalized spacial score (nSPS) is 14.6. The van der Waals surface area contributed by atoms with Crippen molar-refractivity contribution in [2.45, 2.75) is 104 Å². The number of unbranched alkanes of at least 4 members (excludes halogenated alkanes) is 1. The molecule has 0 radical (unpaired) electrons. The number of phenolic OH excluding ortho intramolecular Hbond substituents is 1. The Kier molecular flexibility index (Phi) is 20.0. The molecule has 0 spiro atoms. The van der Waals surface area contributed by atoms with Crippen LogP contribution in [0.25, 0.3) is 18.2 Å². The fourth-order valence-corrected chi connectivity index (χ4v) is 6.40. The topological polar surface area (TPSA) is 214 Å². The van der Waals surface area contributed by atoms with E-state index in [-0.39, 0.29) is 30.2 Å². The molecule has 3 rings (SSSR count). The SMILES string of the molecule is CCCC=Cc1ccccc1C=CC(=O)NC(C(=O)N(C)C(=Cc1ccc(O)cc1)C(=O)NC(CC(C)C)C(=O)NC(Cc1ccccc1)C(=O)NC(C(C)=O)C(C)O)C(C)O. The number of aliphatic hydroxyl groups is 2. The number of hydrogen-bond acceptors (Lipinski definition) is 9. The first-order valence-electron chi connectivity index (χ1n) is 20.8. The summed E-state index contributed by atoms with van der Waals surface area (Å²) in [5, 5.41) is 41.4. The van der Waals surface area contributed by atoms with Crippen LogP contribution in [0.1, 0.15) is 83.1 Å². The van der Waals surface area contributed by atoms with Gasteiger partial charge in [0.15, 0.2) is 5.78 Å². The highest BCUT2D eigenvalue weighted by atomic mass is 16.3. The lowest BCUT2D eigenvalue weighted by molar-refractivity contribution is -0.138. The number of amides is 5. The van der Waals surface area contributed by atoms with Gasteiger partial charge in [-0.25, -0.2) is 0 Å². The number of likely N-dealkylation sites (N-methyl/N-ethyl adjacent to an activating group) is 1. The molecule has 3 aromatic rings. The van der Waals surface area contributed by atoms with E-state index in [1.165, 1.54) is 64.2 Å². The van der Waals surface area contributed by atoms with Gasteiger partial charge in [0.1, 0.15) is 35.6 Å². The van der Waals surface area contributed by atoms with Crippen LogP contribution in [0, 0.1) is 5.92 Å². The van der Waals surface area contributed by atoms with Crippen LogP contribution in [0.15, 0.2) is 96.7 Å². The molecule has 0 aliphatic carbocycles. The lowest BCUT2D eigenvalue weighted by Crippen LogP contribution is -2.58. The van der Waals surface area contributed by atoms with Crippen molar-refractivity contribution in [2.75, 3.05) is 7.05 Å². The lowest BCUT2D eigenvalue weighted by atomic mass is 10.00. The monoisotopic (exact) mass is 851 g/mol. The van der Waals surface area contributed by atoms with Crippen LogP contribution in [0.2, 0.25) is 0 Å². The molecule has 62 heavy (non-hydrogen) atoms. The molecule has 0 saturated heterocycles. The van der Waals surface area contributed by atoms with Gasteiger partial charge in [-0.3, -0.25) is 28.8 Å². The summed E-state index contributed by atoms with van der Waals surface area (Å²) in [4.78, 5) is 82.7. The number of nitrogens with zero attached hydrogens (tertiary/aromatic N) is 1. The molecule has 0 heterocycles. The van der Waals surface area contributed by atoms with Crippen molar-refractivity contribution >= 4 is 53.5 Å². The van der Waals surface area contributed by atoms with Crippen molar-refractivity contribution in [1.29, 1.82) is 0 Å². The Morgan fingerprint density at radius 3 is 1.85 bits per heavy atom. The Morgan fingerprint density at radius 2 is 1.29 bits per heavy atom. The fraction of sp³-hybridized carbons (Fsp3) is 0.375. The quantitative estimate of drug-likeness (QED) is 0.0717. The zero-order chi connectivity index (χ0) is 45.9. The number of aromatic hydroxyl groups is 1. The standard InChI is InChI=1S/C48H61N5O9/c1-8-9-11-18-36-19-14-15-20-37(36)23-26-42(58)51-44(33(6)56)48(62)53(7)41(29-35-21-24-38(57)25-22-35)47(61)50-39(27-30(2)3)45(59)49-40(28-34-16-12-10-13-17-34)46(60)52-43(31(4)54)32(5)55/h10-26,29-31,33,39-40,43-44,54,56-57H,8-9,27-28H2,1-7H3,(H,49,59)(H,50,61)(H,51,58)(H,52,60). The van der Waals surface area contributed by atoms with E-state index < -0.39 is 71.7 Å². The third kappa shape index (κ3) is 15.9. The number of rotatable bonds is 22. The maximum Gasteiger partial charge on any atom is 0.268 e. The van der Waals surface area contributed by atoms with E-state index in [2.05, 4.69) is 28.2 Å². The van der Waals surface area contributed by atoms with Crippen LogP contribution >= 0.6 is 0 Å². The Balaban J connectivity index is 1.95. The molecule has 0 saturated carbocycles. The summed E-state index contributed by atoms with van der Waals surface area (Å²) in [5.41, 5.74) is 2.45. The first kappa shape index (κ1) is 50.0. The number of hydrogen-bond donors (Lipinski definition) is 7. The van der Waals surface area contributed by atoms with Gasteiger partial charge in [-0.1, -0.05) is 106 Å². The molecule has 0 aliphatic heterocycles. The first-order chi connectivity index (χ1) is 29.4. The summed E-state index contributed by atoms with van der Waals surface area (Å²) in [6.07, 6.45) is 7.56. The van der Waals surface area contributed by atoms with Crippen LogP contribution in [-0.4, -0.2) is 99.0 Å². The molecule has 14 heteroatoms.